The van der Waals surface area contributed by atoms with Crippen LogP contribution in [0.2, 0.25) is 0 Å². The van der Waals surface area contributed by atoms with Crippen LogP contribution in [0.5, 0.6) is 0 Å². The van der Waals surface area contributed by atoms with Gasteiger partial charge in [0.2, 0.25) is 0 Å². The van der Waals surface area contributed by atoms with E-state index in [1.807, 2.05) is 0 Å². The van der Waals surface area contributed by atoms with Gasteiger partial charge < -0.3 is 9.88 Å². The molecule has 0 unspecified atom stereocenters. The number of hydrogen-bond acceptors (Lipinski definition) is 6. The Morgan fingerprint density at radius 2 is 1.87 bits per heavy atom. The number of fused-ring (bicyclic) bond motifs is 1. The lowest BCUT2D eigenvalue weighted by atomic mass is 9.96. The summed E-state index contributed by atoms with van der Waals surface area (Å²) < 4.78 is 0. The molecule has 0 spiro atoms. The maximum Gasteiger partial charge on any atom is 0.182 e. The minimum absolute atomic E-state index is 0.463. The SMILES string of the molecule is c1nc(N2CCC(c3nc(C4CC4)n[nH]3)CC2)c2[nH]cnc2n1. The number of nitrogens with one attached hydrogen (secondary N) is 2. The largest absolute Gasteiger partial charge is 0.355 e. The van der Waals surface area contributed by atoms with E-state index >= 15 is 0 Å². The monoisotopic (exact) mass is 310 g/mol. The predicted octanol–water partition coefficient (Wildman–Crippen LogP) is 1.73. The lowest BCUT2D eigenvalue weighted by Crippen LogP contribution is -2.34. The van der Waals surface area contributed by atoms with Gasteiger partial charge in [-0.3, -0.25) is 5.10 Å². The van der Waals surface area contributed by atoms with Gasteiger partial charge in [0.1, 0.15) is 17.7 Å². The number of rotatable bonds is 3. The van der Waals surface area contributed by atoms with E-state index in [1.54, 1.807) is 12.7 Å². The minimum atomic E-state index is 0.463. The summed E-state index contributed by atoms with van der Waals surface area (Å²) in [6.07, 6.45) is 7.84. The summed E-state index contributed by atoms with van der Waals surface area (Å²) in [5, 5.41) is 7.54. The second-order valence-electron chi connectivity index (χ2n) is 6.41. The number of piperidine rings is 1. The van der Waals surface area contributed by atoms with Gasteiger partial charge in [-0.15, -0.1) is 0 Å². The van der Waals surface area contributed by atoms with Crippen molar-refractivity contribution >= 4 is 17.0 Å². The van der Waals surface area contributed by atoms with E-state index in [9.17, 15) is 0 Å². The van der Waals surface area contributed by atoms with Crippen molar-refractivity contribution in [2.75, 3.05) is 18.0 Å². The van der Waals surface area contributed by atoms with Crippen LogP contribution >= 0.6 is 0 Å². The number of aromatic amines is 2. The molecule has 2 aliphatic rings. The molecule has 3 aromatic heterocycles. The fourth-order valence-electron chi connectivity index (χ4n) is 3.35. The summed E-state index contributed by atoms with van der Waals surface area (Å²) in [6.45, 7) is 1.91. The standard InChI is InChI=1S/C15H18N8/c1-2-9(1)12-20-13(22-21-12)10-3-5-23(6-4-10)15-11-14(17-7-16-11)18-8-19-15/h7-10H,1-6H2,(H,20,21,22)(H,16,17,18,19). The van der Waals surface area contributed by atoms with Gasteiger partial charge in [-0.1, -0.05) is 0 Å². The van der Waals surface area contributed by atoms with Gasteiger partial charge in [0.15, 0.2) is 17.3 Å². The van der Waals surface area contributed by atoms with Crippen molar-refractivity contribution in [2.45, 2.75) is 37.5 Å². The number of H-pyrrole nitrogens is 2. The highest BCUT2D eigenvalue weighted by Crippen LogP contribution is 2.38. The number of anilines is 1. The first kappa shape index (κ1) is 13.0. The number of aromatic nitrogens is 7. The Kier molecular flexibility index (Phi) is 2.82. The first-order valence-corrected chi connectivity index (χ1v) is 8.19. The van der Waals surface area contributed by atoms with Crippen LogP contribution in [-0.2, 0) is 0 Å². The first-order valence-electron chi connectivity index (χ1n) is 8.19. The maximum absolute atomic E-state index is 4.71. The van der Waals surface area contributed by atoms with Crippen LogP contribution in [0.1, 0.15) is 49.2 Å². The zero-order chi connectivity index (χ0) is 15.2. The van der Waals surface area contributed by atoms with Gasteiger partial charge in [0.05, 0.1) is 6.33 Å². The van der Waals surface area contributed by atoms with E-state index in [2.05, 4.69) is 35.0 Å². The van der Waals surface area contributed by atoms with E-state index < -0.39 is 0 Å². The molecule has 0 bridgehead atoms. The van der Waals surface area contributed by atoms with Crippen molar-refractivity contribution in [3.63, 3.8) is 0 Å². The molecule has 0 amide bonds. The Bertz CT molecular complexity index is 825. The van der Waals surface area contributed by atoms with E-state index in [4.69, 9.17) is 4.98 Å². The van der Waals surface area contributed by atoms with Crippen molar-refractivity contribution in [3.8, 4) is 0 Å². The zero-order valence-corrected chi connectivity index (χ0v) is 12.7. The van der Waals surface area contributed by atoms with Gasteiger partial charge in [0, 0.05) is 24.9 Å². The van der Waals surface area contributed by atoms with Crippen LogP contribution in [0.3, 0.4) is 0 Å². The molecule has 1 aliphatic heterocycles. The van der Waals surface area contributed by atoms with Gasteiger partial charge >= 0.3 is 0 Å². The Labute approximate surface area is 132 Å². The summed E-state index contributed by atoms with van der Waals surface area (Å²) in [4.78, 5) is 23.0. The highest BCUT2D eigenvalue weighted by atomic mass is 15.2. The smallest absolute Gasteiger partial charge is 0.182 e. The Morgan fingerprint density at radius 1 is 1.00 bits per heavy atom. The van der Waals surface area contributed by atoms with Crippen molar-refractivity contribution in [1.82, 2.24) is 35.1 Å². The molecule has 8 nitrogen and oxygen atoms in total. The summed E-state index contributed by atoms with van der Waals surface area (Å²) in [5.74, 6) is 4.08. The Hall–Kier alpha value is -2.51. The third-order valence-electron chi connectivity index (χ3n) is 4.85. The third kappa shape index (κ3) is 2.25. The van der Waals surface area contributed by atoms with E-state index in [0.29, 0.717) is 11.8 Å². The minimum Gasteiger partial charge on any atom is -0.355 e. The van der Waals surface area contributed by atoms with Crippen LogP contribution in [-0.4, -0.2) is 48.2 Å². The number of nitrogens with zero attached hydrogens (tertiary/aromatic N) is 6. The molecular weight excluding hydrogens is 292 g/mol. The van der Waals surface area contributed by atoms with Crippen LogP contribution in [0.15, 0.2) is 12.7 Å². The lowest BCUT2D eigenvalue weighted by Gasteiger charge is -2.31. The highest BCUT2D eigenvalue weighted by Gasteiger charge is 2.30. The molecule has 0 aromatic carbocycles. The van der Waals surface area contributed by atoms with E-state index in [0.717, 1.165) is 54.6 Å². The third-order valence-corrected chi connectivity index (χ3v) is 4.85. The molecule has 1 aliphatic carbocycles. The van der Waals surface area contributed by atoms with Gasteiger partial charge in [-0.25, -0.2) is 19.9 Å². The summed E-state index contributed by atoms with van der Waals surface area (Å²) in [6, 6.07) is 0. The summed E-state index contributed by atoms with van der Waals surface area (Å²) >= 11 is 0. The quantitative estimate of drug-likeness (QED) is 0.764. The molecule has 0 radical (unpaired) electrons. The second kappa shape index (κ2) is 5.00. The fourth-order valence-corrected chi connectivity index (χ4v) is 3.35. The normalized spacial score (nSPS) is 19.6. The van der Waals surface area contributed by atoms with Crippen molar-refractivity contribution < 1.29 is 0 Å². The second-order valence-corrected chi connectivity index (χ2v) is 6.41. The fraction of sp³-hybridized carbons (Fsp3) is 0.533. The molecule has 2 N–H and O–H groups in total. The van der Waals surface area contributed by atoms with Gasteiger partial charge in [0.25, 0.3) is 0 Å². The van der Waals surface area contributed by atoms with Crippen molar-refractivity contribution in [1.29, 1.82) is 0 Å². The molecule has 23 heavy (non-hydrogen) atoms. The average Bonchev–Trinajstić information content (AvgIpc) is 3.13. The van der Waals surface area contributed by atoms with Gasteiger partial charge in [-0.05, 0) is 25.7 Å². The van der Waals surface area contributed by atoms with Crippen molar-refractivity contribution in [2.24, 2.45) is 0 Å². The van der Waals surface area contributed by atoms with Gasteiger partial charge in [-0.2, -0.15) is 5.10 Å². The summed E-state index contributed by atoms with van der Waals surface area (Å²) in [7, 11) is 0. The van der Waals surface area contributed by atoms with E-state index in [1.165, 1.54) is 12.8 Å². The Morgan fingerprint density at radius 3 is 2.70 bits per heavy atom. The zero-order valence-electron chi connectivity index (χ0n) is 12.7. The maximum atomic E-state index is 4.71. The first-order chi connectivity index (χ1) is 11.4. The molecule has 2 fully saturated rings. The topological polar surface area (TPSA) is 99.3 Å². The predicted molar refractivity (Wildman–Crippen MR) is 84.2 cm³/mol. The van der Waals surface area contributed by atoms with Crippen LogP contribution in [0.25, 0.3) is 11.2 Å². The highest BCUT2D eigenvalue weighted by molar-refractivity contribution is 5.82. The molecule has 5 rings (SSSR count). The van der Waals surface area contributed by atoms with E-state index in [-0.39, 0.29) is 0 Å². The van der Waals surface area contributed by atoms with Crippen LogP contribution in [0, 0.1) is 0 Å². The molecule has 0 atom stereocenters. The molecule has 1 saturated heterocycles. The molecular formula is C15H18N8. The molecule has 1 saturated carbocycles. The number of imidazole rings is 1. The molecule has 4 heterocycles. The average molecular weight is 310 g/mol. The molecule has 3 aromatic rings. The molecule has 8 heteroatoms. The number of hydrogen-bond donors (Lipinski definition) is 2. The summed E-state index contributed by atoms with van der Waals surface area (Å²) in [5.41, 5.74) is 1.64. The van der Waals surface area contributed by atoms with Crippen LogP contribution < -0.4 is 4.90 Å². The molecule has 118 valence electrons. The lowest BCUT2D eigenvalue weighted by molar-refractivity contribution is 0.485. The van der Waals surface area contributed by atoms with Crippen molar-refractivity contribution in [3.05, 3.63) is 24.3 Å². The van der Waals surface area contributed by atoms with Crippen LogP contribution in [0.4, 0.5) is 5.82 Å². The Balaban J connectivity index is 1.32.